The zero-order chi connectivity index (χ0) is 14.1. The minimum absolute atomic E-state index is 0.229. The largest absolute Gasteiger partial charge is 0.489 e. The molecule has 0 aliphatic carbocycles. The van der Waals surface area contributed by atoms with E-state index in [1.165, 1.54) is 12.1 Å². The van der Waals surface area contributed by atoms with Crippen LogP contribution in [0.4, 0.5) is 10.1 Å². The molecule has 0 saturated heterocycles. The summed E-state index contributed by atoms with van der Waals surface area (Å²) < 4.78 is 19.0. The van der Waals surface area contributed by atoms with E-state index in [1.54, 1.807) is 25.1 Å². The van der Waals surface area contributed by atoms with Gasteiger partial charge in [-0.2, -0.15) is 0 Å². The number of hydrogen-bond acceptors (Lipinski definition) is 3. The van der Waals surface area contributed by atoms with E-state index in [1.807, 2.05) is 6.07 Å². The van der Waals surface area contributed by atoms with Gasteiger partial charge in [0.25, 0.3) is 0 Å². The van der Waals surface area contributed by atoms with Crippen molar-refractivity contribution in [3.05, 3.63) is 58.9 Å². The first-order valence-corrected chi connectivity index (χ1v) is 6.47. The van der Waals surface area contributed by atoms with E-state index in [4.69, 9.17) is 4.74 Å². The number of ether oxygens (including phenoxy) is 1. The van der Waals surface area contributed by atoms with Crippen molar-refractivity contribution in [3.63, 3.8) is 0 Å². The van der Waals surface area contributed by atoms with Gasteiger partial charge in [0.1, 0.15) is 12.4 Å². The third-order valence-corrected chi connectivity index (χ3v) is 3.23. The molecule has 1 aliphatic heterocycles. The van der Waals surface area contributed by atoms with Gasteiger partial charge in [-0.15, -0.1) is 0 Å². The zero-order valence-electron chi connectivity index (χ0n) is 11.1. The monoisotopic (exact) mass is 271 g/mol. The predicted octanol–water partition coefficient (Wildman–Crippen LogP) is 3.17. The van der Waals surface area contributed by atoms with Crippen LogP contribution in [0.2, 0.25) is 0 Å². The number of hydrogen-bond donors (Lipinski definition) is 1. The Kier molecular flexibility index (Phi) is 3.14. The minimum Gasteiger partial charge on any atom is -0.489 e. The molecule has 0 atom stereocenters. The molecule has 0 amide bonds. The molecule has 0 radical (unpaired) electrons. The summed E-state index contributed by atoms with van der Waals surface area (Å²) in [6, 6.07) is 9.69. The number of aryl methyl sites for hydroxylation is 1. The fourth-order valence-corrected chi connectivity index (χ4v) is 2.37. The molecule has 20 heavy (non-hydrogen) atoms. The van der Waals surface area contributed by atoms with Gasteiger partial charge in [0.05, 0.1) is 11.3 Å². The van der Waals surface area contributed by atoms with Crippen molar-refractivity contribution in [2.45, 2.75) is 6.92 Å². The summed E-state index contributed by atoms with van der Waals surface area (Å²) in [4.78, 5) is 12.5. The van der Waals surface area contributed by atoms with E-state index >= 15 is 0 Å². The number of carbonyl (C=O) groups excluding carboxylic acids is 1. The number of carbonyl (C=O) groups is 1. The Morgan fingerprint density at radius 1 is 1.30 bits per heavy atom. The van der Waals surface area contributed by atoms with Gasteiger partial charge in [-0.3, -0.25) is 4.79 Å². The first kappa shape index (κ1) is 12.7. The summed E-state index contributed by atoms with van der Waals surface area (Å²) in [6.45, 7) is 2.99. The van der Waals surface area contributed by atoms with Gasteiger partial charge in [0.15, 0.2) is 11.5 Å². The van der Waals surface area contributed by atoms with Crippen LogP contribution in [0.5, 0.6) is 5.75 Å². The van der Waals surface area contributed by atoms with Crippen LogP contribution in [0.1, 0.15) is 21.5 Å². The highest BCUT2D eigenvalue weighted by Gasteiger charge is 2.20. The normalized spacial score (nSPS) is 13.1. The predicted molar refractivity (Wildman–Crippen MR) is 75.0 cm³/mol. The lowest BCUT2D eigenvalue weighted by Gasteiger charge is -2.21. The summed E-state index contributed by atoms with van der Waals surface area (Å²) in [5.74, 6) is -0.0870. The van der Waals surface area contributed by atoms with Crippen LogP contribution < -0.4 is 10.1 Å². The van der Waals surface area contributed by atoms with Crippen LogP contribution in [0.3, 0.4) is 0 Å². The van der Waals surface area contributed by atoms with E-state index in [2.05, 4.69) is 5.32 Å². The second-order valence-corrected chi connectivity index (χ2v) is 4.80. The molecule has 3 rings (SSSR count). The molecule has 0 unspecified atom stereocenters. The van der Waals surface area contributed by atoms with Gasteiger partial charge in [-0.05, 0) is 42.8 Å². The second-order valence-electron chi connectivity index (χ2n) is 4.80. The fourth-order valence-electron chi connectivity index (χ4n) is 2.37. The molecule has 0 spiro atoms. The lowest BCUT2D eigenvalue weighted by molar-refractivity contribution is 0.103. The van der Waals surface area contributed by atoms with Gasteiger partial charge in [0.2, 0.25) is 0 Å². The van der Waals surface area contributed by atoms with Crippen LogP contribution in [0.15, 0.2) is 36.4 Å². The first-order valence-electron chi connectivity index (χ1n) is 6.47. The average Bonchev–Trinajstić information content (AvgIpc) is 2.45. The molecular formula is C16H14FNO2. The van der Waals surface area contributed by atoms with E-state index in [9.17, 15) is 9.18 Å². The lowest BCUT2D eigenvalue weighted by Crippen LogP contribution is -2.20. The Balaban J connectivity index is 2.06. The van der Waals surface area contributed by atoms with Gasteiger partial charge in [0, 0.05) is 12.1 Å². The molecular weight excluding hydrogens is 257 g/mol. The molecule has 1 N–H and O–H groups in total. The first-order chi connectivity index (χ1) is 9.65. The second kappa shape index (κ2) is 4.96. The molecule has 1 aliphatic rings. The molecule has 2 aromatic rings. The third kappa shape index (κ3) is 2.25. The Hall–Kier alpha value is -2.36. The lowest BCUT2D eigenvalue weighted by atomic mass is 9.99. The number of halogens is 1. The summed E-state index contributed by atoms with van der Waals surface area (Å²) in [6.07, 6.45) is 0. The van der Waals surface area contributed by atoms with Crippen LogP contribution in [0.25, 0.3) is 0 Å². The van der Waals surface area contributed by atoms with E-state index < -0.39 is 5.82 Å². The van der Waals surface area contributed by atoms with Gasteiger partial charge < -0.3 is 10.1 Å². The van der Waals surface area contributed by atoms with Crippen LogP contribution >= 0.6 is 0 Å². The fraction of sp³-hybridized carbons (Fsp3) is 0.188. The molecule has 0 saturated carbocycles. The maximum atomic E-state index is 13.4. The van der Waals surface area contributed by atoms with Gasteiger partial charge in [-0.1, -0.05) is 6.07 Å². The van der Waals surface area contributed by atoms with E-state index in [-0.39, 0.29) is 5.78 Å². The van der Waals surface area contributed by atoms with Crippen molar-refractivity contribution in [2.75, 3.05) is 18.5 Å². The number of fused-ring (bicyclic) bond motifs is 1. The zero-order valence-corrected chi connectivity index (χ0v) is 11.1. The van der Waals surface area contributed by atoms with Crippen molar-refractivity contribution in [1.82, 2.24) is 0 Å². The third-order valence-electron chi connectivity index (χ3n) is 3.23. The van der Waals surface area contributed by atoms with Gasteiger partial charge >= 0.3 is 0 Å². The Bertz CT molecular complexity index is 662. The molecule has 0 aromatic heterocycles. The number of anilines is 1. The number of nitrogens with one attached hydrogen (secondary N) is 1. The van der Waals surface area contributed by atoms with Crippen molar-refractivity contribution < 1.29 is 13.9 Å². The number of ketones is 1. The summed E-state index contributed by atoms with van der Waals surface area (Å²) >= 11 is 0. The summed E-state index contributed by atoms with van der Waals surface area (Å²) in [5.41, 5.74) is 2.32. The van der Waals surface area contributed by atoms with Gasteiger partial charge in [-0.25, -0.2) is 4.39 Å². The van der Waals surface area contributed by atoms with E-state index in [0.717, 1.165) is 11.3 Å². The van der Waals surface area contributed by atoms with Crippen molar-refractivity contribution in [3.8, 4) is 5.75 Å². The van der Waals surface area contributed by atoms with Crippen LogP contribution in [0, 0.1) is 12.7 Å². The topological polar surface area (TPSA) is 38.3 Å². The standard InChI is InChI=1S/C16H14FNO2/c1-10-7-11(9-12(17)8-10)15(19)13-3-2-4-14-16(13)20-6-5-18-14/h2-4,7-9,18H,5-6H2,1H3. The number of rotatable bonds is 2. The highest BCUT2D eigenvalue weighted by molar-refractivity contribution is 6.11. The Morgan fingerprint density at radius 3 is 2.95 bits per heavy atom. The SMILES string of the molecule is Cc1cc(F)cc(C(=O)c2cccc3c2OCCN3)c1. The molecule has 0 fully saturated rings. The van der Waals surface area contributed by atoms with Crippen molar-refractivity contribution in [2.24, 2.45) is 0 Å². The van der Waals surface area contributed by atoms with E-state index in [0.29, 0.717) is 30.0 Å². The van der Waals surface area contributed by atoms with Crippen molar-refractivity contribution in [1.29, 1.82) is 0 Å². The van der Waals surface area contributed by atoms with Crippen molar-refractivity contribution >= 4 is 11.5 Å². The summed E-state index contributed by atoms with van der Waals surface area (Å²) in [7, 11) is 0. The highest BCUT2D eigenvalue weighted by Crippen LogP contribution is 2.32. The summed E-state index contributed by atoms with van der Waals surface area (Å²) in [5, 5.41) is 3.18. The maximum absolute atomic E-state index is 13.4. The molecule has 4 heteroatoms. The number of para-hydroxylation sites is 1. The molecule has 3 nitrogen and oxygen atoms in total. The maximum Gasteiger partial charge on any atom is 0.196 e. The molecule has 2 aromatic carbocycles. The van der Waals surface area contributed by atoms with Crippen LogP contribution in [-0.4, -0.2) is 18.9 Å². The molecule has 0 bridgehead atoms. The quantitative estimate of drug-likeness (QED) is 0.853. The number of benzene rings is 2. The van der Waals surface area contributed by atoms with Crippen LogP contribution in [-0.2, 0) is 0 Å². The Labute approximate surface area is 116 Å². The highest BCUT2D eigenvalue weighted by atomic mass is 19.1. The minimum atomic E-state index is -0.405. The average molecular weight is 271 g/mol. The smallest absolute Gasteiger partial charge is 0.196 e. The molecule has 102 valence electrons. The Morgan fingerprint density at radius 2 is 2.15 bits per heavy atom. The molecule has 1 heterocycles.